The summed E-state index contributed by atoms with van der Waals surface area (Å²) >= 11 is 5.95. The molecule has 1 aromatic carbocycles. The standard InChI is InChI=1S/C20H19ClN2O6/c1-2-28-17(26)8-14(20-19(27)16(25)7-13(10-24)29-20)15-9-22-23-18(15)11-3-5-12(21)6-4-11/h3-7,9,14,24,27H,2,8,10H2,1H3,(H,22,23)/t14-/m1/s1. The minimum Gasteiger partial charge on any atom is -0.502 e. The van der Waals surface area contributed by atoms with E-state index in [9.17, 15) is 19.8 Å². The Morgan fingerprint density at radius 3 is 2.72 bits per heavy atom. The minimum atomic E-state index is -0.877. The van der Waals surface area contributed by atoms with E-state index in [0.717, 1.165) is 11.6 Å². The van der Waals surface area contributed by atoms with E-state index in [1.165, 1.54) is 6.20 Å². The van der Waals surface area contributed by atoms with Gasteiger partial charge in [-0.05, 0) is 24.6 Å². The molecular formula is C20H19ClN2O6. The van der Waals surface area contributed by atoms with Gasteiger partial charge in [-0.15, -0.1) is 0 Å². The van der Waals surface area contributed by atoms with Crippen LogP contribution in [0.1, 0.15) is 36.3 Å². The number of carbonyl (C=O) groups excluding carboxylic acids is 1. The largest absolute Gasteiger partial charge is 0.502 e. The third-order valence-corrected chi connectivity index (χ3v) is 4.58. The maximum atomic E-state index is 12.2. The van der Waals surface area contributed by atoms with Crippen LogP contribution in [-0.2, 0) is 16.1 Å². The van der Waals surface area contributed by atoms with Crippen LogP contribution in [0.5, 0.6) is 5.75 Å². The summed E-state index contributed by atoms with van der Waals surface area (Å²) < 4.78 is 10.6. The maximum absolute atomic E-state index is 12.2. The fourth-order valence-electron chi connectivity index (χ4n) is 3.01. The molecule has 2 heterocycles. The lowest BCUT2D eigenvalue weighted by molar-refractivity contribution is -0.143. The van der Waals surface area contributed by atoms with Gasteiger partial charge in [0.05, 0.1) is 30.8 Å². The van der Waals surface area contributed by atoms with Crippen molar-refractivity contribution in [1.29, 1.82) is 0 Å². The van der Waals surface area contributed by atoms with Gasteiger partial charge in [-0.3, -0.25) is 14.7 Å². The van der Waals surface area contributed by atoms with Gasteiger partial charge in [-0.2, -0.15) is 5.10 Å². The van der Waals surface area contributed by atoms with Gasteiger partial charge in [0.1, 0.15) is 12.4 Å². The van der Waals surface area contributed by atoms with E-state index in [1.54, 1.807) is 31.2 Å². The second kappa shape index (κ2) is 8.93. The Morgan fingerprint density at radius 2 is 2.07 bits per heavy atom. The van der Waals surface area contributed by atoms with Crippen molar-refractivity contribution in [3.05, 3.63) is 68.9 Å². The molecule has 152 valence electrons. The molecule has 3 rings (SSSR count). The zero-order chi connectivity index (χ0) is 21.0. The summed E-state index contributed by atoms with van der Waals surface area (Å²) in [6, 6.07) is 7.93. The first-order valence-electron chi connectivity index (χ1n) is 8.86. The quantitative estimate of drug-likeness (QED) is 0.503. The van der Waals surface area contributed by atoms with Crippen LogP contribution < -0.4 is 5.43 Å². The predicted molar refractivity (Wildman–Crippen MR) is 105 cm³/mol. The van der Waals surface area contributed by atoms with Crippen LogP contribution in [-0.4, -0.2) is 33.0 Å². The molecule has 29 heavy (non-hydrogen) atoms. The fourth-order valence-corrected chi connectivity index (χ4v) is 3.13. The summed E-state index contributed by atoms with van der Waals surface area (Å²) in [6.45, 7) is 1.31. The number of aromatic amines is 1. The van der Waals surface area contributed by atoms with E-state index in [4.69, 9.17) is 20.8 Å². The number of aromatic nitrogens is 2. The van der Waals surface area contributed by atoms with E-state index in [2.05, 4.69) is 10.2 Å². The molecule has 9 heteroatoms. The first-order valence-corrected chi connectivity index (χ1v) is 9.24. The first kappa shape index (κ1) is 20.6. The Kier molecular flexibility index (Phi) is 6.36. The van der Waals surface area contributed by atoms with Crippen LogP contribution in [0.4, 0.5) is 0 Å². The summed E-state index contributed by atoms with van der Waals surface area (Å²) in [7, 11) is 0. The topological polar surface area (TPSA) is 126 Å². The van der Waals surface area contributed by atoms with Crippen molar-refractivity contribution in [3.8, 4) is 17.0 Å². The van der Waals surface area contributed by atoms with E-state index in [-0.39, 0.29) is 24.5 Å². The molecule has 0 spiro atoms. The van der Waals surface area contributed by atoms with Crippen molar-refractivity contribution in [2.24, 2.45) is 0 Å². The SMILES string of the molecule is CCOC(=O)C[C@H](c1cn[nH]c1-c1ccc(Cl)cc1)c1oc(CO)cc(=O)c1O. The van der Waals surface area contributed by atoms with E-state index in [1.807, 2.05) is 0 Å². The van der Waals surface area contributed by atoms with Crippen molar-refractivity contribution in [2.75, 3.05) is 6.61 Å². The number of nitrogens with one attached hydrogen (secondary N) is 1. The van der Waals surface area contributed by atoms with Crippen molar-refractivity contribution in [3.63, 3.8) is 0 Å². The molecule has 3 N–H and O–H groups in total. The molecule has 0 radical (unpaired) electrons. The number of aliphatic hydroxyl groups is 1. The smallest absolute Gasteiger partial charge is 0.306 e. The number of H-pyrrole nitrogens is 1. The highest BCUT2D eigenvalue weighted by Gasteiger charge is 2.30. The Hall–Kier alpha value is -3.10. The number of ether oxygens (including phenoxy) is 1. The molecule has 0 bridgehead atoms. The number of carbonyl (C=O) groups is 1. The highest BCUT2D eigenvalue weighted by atomic mass is 35.5. The molecule has 0 aliphatic rings. The molecule has 0 amide bonds. The van der Waals surface area contributed by atoms with E-state index in [0.29, 0.717) is 16.3 Å². The van der Waals surface area contributed by atoms with Gasteiger partial charge in [0, 0.05) is 16.7 Å². The van der Waals surface area contributed by atoms with Crippen molar-refractivity contribution in [1.82, 2.24) is 10.2 Å². The molecule has 0 aliphatic carbocycles. The molecule has 1 atom stereocenters. The van der Waals surface area contributed by atoms with Crippen LogP contribution in [0.15, 0.2) is 45.7 Å². The van der Waals surface area contributed by atoms with Gasteiger partial charge in [0.25, 0.3) is 0 Å². The maximum Gasteiger partial charge on any atom is 0.306 e. The van der Waals surface area contributed by atoms with Crippen LogP contribution in [0.3, 0.4) is 0 Å². The summed E-state index contributed by atoms with van der Waals surface area (Å²) in [5, 5.41) is 27.2. The third kappa shape index (κ3) is 4.49. The fraction of sp³-hybridized carbons (Fsp3) is 0.250. The average Bonchev–Trinajstić information content (AvgIpc) is 3.18. The molecule has 0 unspecified atom stereocenters. The highest BCUT2D eigenvalue weighted by molar-refractivity contribution is 6.30. The normalized spacial score (nSPS) is 12.0. The molecule has 0 saturated carbocycles. The molecule has 0 fully saturated rings. The Morgan fingerprint density at radius 1 is 1.34 bits per heavy atom. The zero-order valence-corrected chi connectivity index (χ0v) is 16.3. The number of hydrogen-bond donors (Lipinski definition) is 3. The summed E-state index contributed by atoms with van der Waals surface area (Å²) in [6.07, 6.45) is 1.28. The number of aromatic hydroxyl groups is 1. The summed E-state index contributed by atoms with van der Waals surface area (Å²) in [4.78, 5) is 24.4. The Balaban J connectivity index is 2.15. The zero-order valence-electron chi connectivity index (χ0n) is 15.5. The van der Waals surface area contributed by atoms with Crippen molar-refractivity contribution >= 4 is 17.6 Å². The second-order valence-electron chi connectivity index (χ2n) is 6.22. The van der Waals surface area contributed by atoms with Crippen LogP contribution >= 0.6 is 11.6 Å². The number of aliphatic hydroxyl groups excluding tert-OH is 1. The number of halogens is 1. The van der Waals surface area contributed by atoms with Gasteiger partial charge in [0.15, 0.2) is 5.76 Å². The second-order valence-corrected chi connectivity index (χ2v) is 6.65. The number of esters is 1. The Bertz CT molecular complexity index is 1060. The molecule has 3 aromatic rings. The van der Waals surface area contributed by atoms with Crippen molar-refractivity contribution in [2.45, 2.75) is 25.9 Å². The molecule has 0 saturated heterocycles. The van der Waals surface area contributed by atoms with Gasteiger partial charge in [-0.1, -0.05) is 23.7 Å². The number of benzene rings is 1. The highest BCUT2D eigenvalue weighted by Crippen LogP contribution is 2.37. The lowest BCUT2D eigenvalue weighted by atomic mass is 9.90. The predicted octanol–water partition coefficient (Wildman–Crippen LogP) is 2.97. The molecule has 8 nitrogen and oxygen atoms in total. The van der Waals surface area contributed by atoms with Crippen LogP contribution in [0.2, 0.25) is 5.02 Å². The summed E-state index contributed by atoms with van der Waals surface area (Å²) in [5.74, 6) is -2.24. The molecule has 0 aliphatic heterocycles. The average molecular weight is 419 g/mol. The van der Waals surface area contributed by atoms with Gasteiger partial charge >= 0.3 is 5.97 Å². The third-order valence-electron chi connectivity index (χ3n) is 4.33. The van der Waals surface area contributed by atoms with Gasteiger partial charge < -0.3 is 19.4 Å². The Labute approximate surface area is 170 Å². The minimum absolute atomic E-state index is 0.0341. The number of nitrogens with zero attached hydrogens (tertiary/aromatic N) is 1. The molecular weight excluding hydrogens is 400 g/mol. The number of hydrogen-bond acceptors (Lipinski definition) is 7. The first-order chi connectivity index (χ1) is 13.9. The van der Waals surface area contributed by atoms with Crippen LogP contribution in [0.25, 0.3) is 11.3 Å². The molecule has 2 aromatic heterocycles. The lowest BCUT2D eigenvalue weighted by Crippen LogP contribution is -2.15. The van der Waals surface area contributed by atoms with Gasteiger partial charge in [-0.25, -0.2) is 0 Å². The number of rotatable bonds is 7. The van der Waals surface area contributed by atoms with Gasteiger partial charge in [0.2, 0.25) is 11.2 Å². The van der Waals surface area contributed by atoms with E-state index < -0.39 is 29.7 Å². The monoisotopic (exact) mass is 418 g/mol. The van der Waals surface area contributed by atoms with Crippen molar-refractivity contribution < 1.29 is 24.2 Å². The lowest BCUT2D eigenvalue weighted by Gasteiger charge is -2.17. The summed E-state index contributed by atoms with van der Waals surface area (Å²) in [5.41, 5.74) is 1.08. The van der Waals surface area contributed by atoms with Crippen LogP contribution in [0, 0.1) is 0 Å². The van der Waals surface area contributed by atoms with E-state index >= 15 is 0 Å².